The van der Waals surface area contributed by atoms with Crippen molar-refractivity contribution in [1.82, 2.24) is 0 Å². The summed E-state index contributed by atoms with van der Waals surface area (Å²) in [6.07, 6.45) is 0.371. The van der Waals surface area contributed by atoms with Gasteiger partial charge in [-0.25, -0.2) is 0 Å². The molecule has 3 aromatic carbocycles. The van der Waals surface area contributed by atoms with Crippen LogP contribution in [0.25, 0.3) is 0 Å². The Hall–Kier alpha value is -2.91. The number of anilines is 1. The van der Waals surface area contributed by atoms with E-state index in [9.17, 15) is 9.59 Å². The molecule has 0 saturated heterocycles. The van der Waals surface area contributed by atoms with Crippen LogP contribution in [-0.2, 0) is 4.79 Å². The van der Waals surface area contributed by atoms with Gasteiger partial charge in [-0.1, -0.05) is 41.9 Å². The van der Waals surface area contributed by atoms with Gasteiger partial charge in [0.15, 0.2) is 5.78 Å². The molecule has 1 atom stereocenters. The standard InChI is InChI=1S/C22H16ClNO2/c23-17-9-6-15(7-10-17)22(26)16-8-11-20-19(12-16)18(13-21(25)24-20)14-4-2-1-3-5-14/h1-12,18H,13H2,(H,24,25). The maximum atomic E-state index is 12.8. The highest BCUT2D eigenvalue weighted by Crippen LogP contribution is 2.37. The summed E-state index contributed by atoms with van der Waals surface area (Å²) in [6, 6.07) is 22.2. The molecule has 1 aliphatic rings. The Balaban J connectivity index is 1.76. The van der Waals surface area contributed by atoms with Gasteiger partial charge in [0.2, 0.25) is 5.91 Å². The molecule has 1 amide bonds. The first-order valence-corrected chi connectivity index (χ1v) is 8.78. The lowest BCUT2D eigenvalue weighted by Crippen LogP contribution is -2.24. The fourth-order valence-electron chi connectivity index (χ4n) is 3.35. The van der Waals surface area contributed by atoms with Gasteiger partial charge in [0.25, 0.3) is 0 Å². The number of ketones is 1. The van der Waals surface area contributed by atoms with E-state index in [1.165, 1.54) is 0 Å². The SMILES string of the molecule is O=C1CC(c2ccccc2)c2cc(C(=O)c3ccc(Cl)cc3)ccc2N1. The van der Waals surface area contributed by atoms with Gasteiger partial charge in [0, 0.05) is 34.2 Å². The number of fused-ring (bicyclic) bond motifs is 1. The van der Waals surface area contributed by atoms with Crippen molar-refractivity contribution in [2.75, 3.05) is 5.32 Å². The number of amides is 1. The molecule has 1 heterocycles. The average Bonchev–Trinajstić information content (AvgIpc) is 2.68. The minimum Gasteiger partial charge on any atom is -0.326 e. The number of benzene rings is 3. The molecule has 3 nitrogen and oxygen atoms in total. The molecule has 26 heavy (non-hydrogen) atoms. The molecule has 1 N–H and O–H groups in total. The second kappa shape index (κ2) is 6.77. The van der Waals surface area contributed by atoms with E-state index >= 15 is 0 Å². The molecular weight excluding hydrogens is 346 g/mol. The summed E-state index contributed by atoms with van der Waals surface area (Å²) >= 11 is 5.91. The van der Waals surface area contributed by atoms with E-state index in [1.54, 1.807) is 30.3 Å². The van der Waals surface area contributed by atoms with E-state index in [2.05, 4.69) is 5.32 Å². The quantitative estimate of drug-likeness (QED) is 0.664. The summed E-state index contributed by atoms with van der Waals surface area (Å²) in [5.41, 5.74) is 3.99. The average molecular weight is 362 g/mol. The Morgan fingerprint density at radius 1 is 0.923 bits per heavy atom. The monoisotopic (exact) mass is 361 g/mol. The maximum absolute atomic E-state index is 12.8. The van der Waals surface area contributed by atoms with Crippen molar-refractivity contribution >= 4 is 29.0 Å². The molecule has 4 rings (SSSR count). The van der Waals surface area contributed by atoms with E-state index < -0.39 is 0 Å². The Bertz CT molecular complexity index is 981. The molecule has 0 radical (unpaired) electrons. The molecule has 0 bridgehead atoms. The van der Waals surface area contributed by atoms with E-state index in [0.29, 0.717) is 22.6 Å². The second-order valence-electron chi connectivity index (χ2n) is 6.35. The molecule has 0 saturated carbocycles. The van der Waals surface area contributed by atoms with Gasteiger partial charge in [-0.05, 0) is 53.6 Å². The van der Waals surface area contributed by atoms with E-state index in [0.717, 1.165) is 16.8 Å². The Morgan fingerprint density at radius 2 is 1.62 bits per heavy atom. The molecule has 0 spiro atoms. The summed E-state index contributed by atoms with van der Waals surface area (Å²) in [6.45, 7) is 0. The minimum absolute atomic E-state index is 0.0110. The lowest BCUT2D eigenvalue weighted by atomic mass is 9.83. The van der Waals surface area contributed by atoms with E-state index in [1.807, 2.05) is 42.5 Å². The minimum atomic E-state index is -0.0619. The van der Waals surface area contributed by atoms with Crippen LogP contribution >= 0.6 is 11.6 Å². The largest absolute Gasteiger partial charge is 0.326 e. The molecule has 128 valence electrons. The number of carbonyl (C=O) groups is 2. The Labute approximate surface area is 156 Å². The highest BCUT2D eigenvalue weighted by molar-refractivity contribution is 6.30. The molecule has 4 heteroatoms. The number of hydrogen-bond acceptors (Lipinski definition) is 2. The van der Waals surface area contributed by atoms with Gasteiger partial charge < -0.3 is 5.32 Å². The summed E-state index contributed by atoms with van der Waals surface area (Å²) in [5.74, 6) is -0.130. The third-order valence-electron chi connectivity index (χ3n) is 4.66. The highest BCUT2D eigenvalue weighted by atomic mass is 35.5. The van der Waals surface area contributed by atoms with Crippen LogP contribution in [0.2, 0.25) is 5.02 Å². The first kappa shape index (κ1) is 16.6. The number of nitrogens with one attached hydrogen (secondary N) is 1. The summed E-state index contributed by atoms with van der Waals surface area (Å²) in [7, 11) is 0. The van der Waals surface area contributed by atoms with Crippen LogP contribution in [-0.4, -0.2) is 11.7 Å². The molecule has 3 aromatic rings. The van der Waals surface area contributed by atoms with Crippen molar-refractivity contribution in [3.63, 3.8) is 0 Å². The zero-order chi connectivity index (χ0) is 18.1. The molecule has 0 fully saturated rings. The zero-order valence-electron chi connectivity index (χ0n) is 13.9. The molecule has 0 aliphatic carbocycles. The first-order valence-electron chi connectivity index (χ1n) is 8.41. The normalized spacial score (nSPS) is 15.9. The van der Waals surface area contributed by atoms with Crippen LogP contribution in [0.5, 0.6) is 0 Å². The summed E-state index contributed by atoms with van der Waals surface area (Å²) in [4.78, 5) is 24.9. The topological polar surface area (TPSA) is 46.2 Å². The van der Waals surface area contributed by atoms with Crippen molar-refractivity contribution in [3.8, 4) is 0 Å². The smallest absolute Gasteiger partial charge is 0.225 e. The zero-order valence-corrected chi connectivity index (χ0v) is 14.7. The van der Waals surface area contributed by atoms with Crippen molar-refractivity contribution in [3.05, 3.63) is 100 Å². The van der Waals surface area contributed by atoms with Crippen LogP contribution in [0.3, 0.4) is 0 Å². The van der Waals surface area contributed by atoms with Crippen molar-refractivity contribution in [1.29, 1.82) is 0 Å². The van der Waals surface area contributed by atoms with Gasteiger partial charge >= 0.3 is 0 Å². The Kier molecular flexibility index (Phi) is 4.31. The molecule has 1 unspecified atom stereocenters. The van der Waals surface area contributed by atoms with Crippen molar-refractivity contribution < 1.29 is 9.59 Å². The van der Waals surface area contributed by atoms with Gasteiger partial charge in [-0.15, -0.1) is 0 Å². The van der Waals surface area contributed by atoms with Crippen molar-refractivity contribution in [2.24, 2.45) is 0 Å². The maximum Gasteiger partial charge on any atom is 0.225 e. The van der Waals surface area contributed by atoms with E-state index in [4.69, 9.17) is 11.6 Å². The molecule has 1 aliphatic heterocycles. The predicted octanol–water partition coefficient (Wildman–Crippen LogP) is 5.05. The lowest BCUT2D eigenvalue weighted by Gasteiger charge is -2.26. The highest BCUT2D eigenvalue weighted by Gasteiger charge is 2.27. The van der Waals surface area contributed by atoms with Gasteiger partial charge in [0.1, 0.15) is 0 Å². The van der Waals surface area contributed by atoms with Crippen LogP contribution in [0, 0.1) is 0 Å². The number of halogens is 1. The third-order valence-corrected chi connectivity index (χ3v) is 4.91. The number of rotatable bonds is 3. The predicted molar refractivity (Wildman–Crippen MR) is 103 cm³/mol. The second-order valence-corrected chi connectivity index (χ2v) is 6.79. The number of carbonyl (C=O) groups excluding carboxylic acids is 2. The lowest BCUT2D eigenvalue weighted by molar-refractivity contribution is -0.116. The third kappa shape index (κ3) is 3.14. The fraction of sp³-hybridized carbons (Fsp3) is 0.0909. The van der Waals surface area contributed by atoms with Crippen LogP contribution < -0.4 is 5.32 Å². The Morgan fingerprint density at radius 3 is 2.35 bits per heavy atom. The number of hydrogen-bond donors (Lipinski definition) is 1. The summed E-state index contributed by atoms with van der Waals surface area (Å²) in [5, 5.41) is 3.50. The van der Waals surface area contributed by atoms with Crippen molar-refractivity contribution in [2.45, 2.75) is 12.3 Å². The molecular formula is C22H16ClNO2. The van der Waals surface area contributed by atoms with Crippen LogP contribution in [0.4, 0.5) is 5.69 Å². The molecule has 0 aromatic heterocycles. The van der Waals surface area contributed by atoms with Gasteiger partial charge in [0.05, 0.1) is 0 Å². The van der Waals surface area contributed by atoms with E-state index in [-0.39, 0.29) is 17.6 Å². The van der Waals surface area contributed by atoms with Gasteiger partial charge in [-0.3, -0.25) is 9.59 Å². The van der Waals surface area contributed by atoms with Crippen LogP contribution in [0.15, 0.2) is 72.8 Å². The first-order chi connectivity index (χ1) is 12.6. The van der Waals surface area contributed by atoms with Crippen LogP contribution in [0.1, 0.15) is 39.4 Å². The van der Waals surface area contributed by atoms with Gasteiger partial charge in [-0.2, -0.15) is 0 Å². The fourth-order valence-corrected chi connectivity index (χ4v) is 3.48. The summed E-state index contributed by atoms with van der Waals surface area (Å²) < 4.78 is 0.